The number of rotatable bonds is 6. The minimum absolute atomic E-state index is 0.118. The first-order valence-corrected chi connectivity index (χ1v) is 4.74. The van der Waals surface area contributed by atoms with E-state index in [1.807, 2.05) is 0 Å². The summed E-state index contributed by atoms with van der Waals surface area (Å²) in [6.07, 6.45) is 4.49. The molecule has 14 heavy (non-hydrogen) atoms. The molecule has 0 saturated heterocycles. The maximum absolute atomic E-state index is 7.17. The summed E-state index contributed by atoms with van der Waals surface area (Å²) in [5.41, 5.74) is 7.34. The second-order valence-electron chi connectivity index (χ2n) is 2.92. The molecule has 0 amide bonds. The Balaban J connectivity index is 3.19. The Labute approximate surface area is 84.2 Å². The van der Waals surface area contributed by atoms with Gasteiger partial charge in [0.1, 0.15) is 0 Å². The van der Waals surface area contributed by atoms with Crippen molar-refractivity contribution in [3.8, 4) is 0 Å². The zero-order chi connectivity index (χ0) is 10.8. The number of nitrogens with two attached hydrogens (primary N) is 1. The van der Waals surface area contributed by atoms with Crippen molar-refractivity contribution >= 4 is 11.9 Å². The Morgan fingerprint density at radius 2 is 2.00 bits per heavy atom. The van der Waals surface area contributed by atoms with E-state index in [1.165, 1.54) is 12.8 Å². The van der Waals surface area contributed by atoms with Gasteiger partial charge in [0.05, 0.1) is 6.61 Å². The van der Waals surface area contributed by atoms with Crippen molar-refractivity contribution in [2.75, 3.05) is 6.61 Å². The highest BCUT2D eigenvalue weighted by atomic mass is 16.6. The predicted octanol–water partition coefficient (Wildman–Crippen LogP) is 0.506. The second-order valence-corrected chi connectivity index (χ2v) is 2.92. The fourth-order valence-corrected chi connectivity index (χ4v) is 0.884. The minimum Gasteiger partial charge on any atom is -0.370 e. The number of nitrogens with one attached hydrogen (secondary N) is 4. The first kappa shape index (κ1) is 12.7. The van der Waals surface area contributed by atoms with E-state index in [0.717, 1.165) is 12.8 Å². The molecule has 6 nitrogen and oxygen atoms in total. The Hall–Kier alpha value is -1.30. The molecule has 6 N–H and O–H groups in total. The number of hydrogen-bond donors (Lipinski definition) is 5. The van der Waals surface area contributed by atoms with E-state index in [4.69, 9.17) is 21.4 Å². The average molecular weight is 201 g/mol. The van der Waals surface area contributed by atoms with Crippen molar-refractivity contribution in [1.29, 1.82) is 10.8 Å². The summed E-state index contributed by atoms with van der Waals surface area (Å²) in [4.78, 5) is 4.95. The lowest BCUT2D eigenvalue weighted by Crippen LogP contribution is -2.43. The van der Waals surface area contributed by atoms with E-state index in [2.05, 4.69) is 17.7 Å². The fraction of sp³-hybridized carbons (Fsp3) is 0.750. The van der Waals surface area contributed by atoms with Crippen LogP contribution in [-0.2, 0) is 4.84 Å². The SMILES string of the molecule is CCCCCCONC(=N)NC(=N)N. The van der Waals surface area contributed by atoms with Crippen LogP contribution in [0.15, 0.2) is 0 Å². The average Bonchev–Trinajstić information content (AvgIpc) is 2.10. The van der Waals surface area contributed by atoms with Crippen molar-refractivity contribution < 1.29 is 4.84 Å². The lowest BCUT2D eigenvalue weighted by Gasteiger charge is -2.08. The third kappa shape index (κ3) is 8.79. The molecule has 0 saturated carbocycles. The quantitative estimate of drug-likeness (QED) is 0.187. The monoisotopic (exact) mass is 201 g/mol. The van der Waals surface area contributed by atoms with Crippen molar-refractivity contribution in [3.05, 3.63) is 0 Å². The molecule has 0 bridgehead atoms. The molecule has 82 valence electrons. The van der Waals surface area contributed by atoms with E-state index in [1.54, 1.807) is 0 Å². The number of hydrogen-bond acceptors (Lipinski definition) is 3. The van der Waals surface area contributed by atoms with Gasteiger partial charge in [0.2, 0.25) is 5.96 Å². The molecular weight excluding hydrogens is 182 g/mol. The predicted molar refractivity (Wildman–Crippen MR) is 56.0 cm³/mol. The topological polar surface area (TPSA) is 107 Å². The molecule has 0 heterocycles. The van der Waals surface area contributed by atoms with Crippen molar-refractivity contribution in [3.63, 3.8) is 0 Å². The third-order valence-corrected chi connectivity index (χ3v) is 1.53. The van der Waals surface area contributed by atoms with Crippen LogP contribution < -0.4 is 16.5 Å². The van der Waals surface area contributed by atoms with Gasteiger partial charge in [-0.15, -0.1) is 0 Å². The summed E-state index contributed by atoms with van der Waals surface area (Å²) >= 11 is 0. The molecule has 0 spiro atoms. The highest BCUT2D eigenvalue weighted by Gasteiger charge is 1.95. The third-order valence-electron chi connectivity index (χ3n) is 1.53. The van der Waals surface area contributed by atoms with Gasteiger partial charge in [-0.3, -0.25) is 21.0 Å². The van der Waals surface area contributed by atoms with Crippen molar-refractivity contribution in [1.82, 2.24) is 10.8 Å². The zero-order valence-corrected chi connectivity index (χ0v) is 8.52. The maximum Gasteiger partial charge on any atom is 0.219 e. The van der Waals surface area contributed by atoms with Crippen LogP contribution in [0.2, 0.25) is 0 Å². The van der Waals surface area contributed by atoms with Gasteiger partial charge in [-0.25, -0.2) is 5.48 Å². The molecule has 0 radical (unpaired) electrons. The first-order valence-electron chi connectivity index (χ1n) is 4.74. The van der Waals surface area contributed by atoms with Crippen LogP contribution >= 0.6 is 0 Å². The van der Waals surface area contributed by atoms with Crippen LogP contribution in [0.1, 0.15) is 32.6 Å². The standard InChI is InChI=1S/C8H19N5O/c1-2-3-4-5-6-14-13-8(11)12-7(9)10/h2-6H2,1H3,(H6,9,10,11,12,13). The van der Waals surface area contributed by atoms with Crippen LogP contribution in [0.4, 0.5) is 0 Å². The molecular formula is C8H19N5O. The Kier molecular flexibility index (Phi) is 7.53. The number of unbranched alkanes of at least 4 members (excludes halogenated alkanes) is 3. The highest BCUT2D eigenvalue weighted by Crippen LogP contribution is 1.97. The Morgan fingerprint density at radius 3 is 2.57 bits per heavy atom. The summed E-state index contributed by atoms with van der Waals surface area (Å²) in [6.45, 7) is 2.70. The first-order chi connectivity index (χ1) is 6.66. The summed E-state index contributed by atoms with van der Waals surface area (Å²) in [5, 5.41) is 16.2. The Morgan fingerprint density at radius 1 is 1.29 bits per heavy atom. The van der Waals surface area contributed by atoms with E-state index in [-0.39, 0.29) is 11.9 Å². The smallest absolute Gasteiger partial charge is 0.219 e. The van der Waals surface area contributed by atoms with Gasteiger partial charge >= 0.3 is 0 Å². The van der Waals surface area contributed by atoms with Crippen LogP contribution in [0, 0.1) is 10.8 Å². The largest absolute Gasteiger partial charge is 0.370 e. The van der Waals surface area contributed by atoms with Crippen molar-refractivity contribution in [2.45, 2.75) is 32.6 Å². The summed E-state index contributed by atoms with van der Waals surface area (Å²) in [5.74, 6) is -0.398. The minimum atomic E-state index is -0.280. The molecule has 0 aromatic rings. The van der Waals surface area contributed by atoms with Gasteiger partial charge in [-0.2, -0.15) is 0 Å². The van der Waals surface area contributed by atoms with Crippen LogP contribution in [0.25, 0.3) is 0 Å². The molecule has 0 aromatic heterocycles. The molecule has 0 fully saturated rings. The molecule has 0 atom stereocenters. The summed E-state index contributed by atoms with van der Waals surface area (Å²) in [7, 11) is 0. The van der Waals surface area contributed by atoms with Gasteiger partial charge in [-0.1, -0.05) is 26.2 Å². The lowest BCUT2D eigenvalue weighted by atomic mass is 10.2. The number of hydroxylamine groups is 1. The zero-order valence-electron chi connectivity index (χ0n) is 8.52. The normalized spacial score (nSPS) is 9.50. The van der Waals surface area contributed by atoms with Gasteiger partial charge in [0.25, 0.3) is 0 Å². The van der Waals surface area contributed by atoms with E-state index >= 15 is 0 Å². The Bertz CT molecular complexity index is 183. The van der Waals surface area contributed by atoms with E-state index in [9.17, 15) is 0 Å². The van der Waals surface area contributed by atoms with Gasteiger partial charge < -0.3 is 5.73 Å². The molecule has 0 aliphatic carbocycles. The van der Waals surface area contributed by atoms with E-state index in [0.29, 0.717) is 6.61 Å². The fourth-order valence-electron chi connectivity index (χ4n) is 0.884. The summed E-state index contributed by atoms with van der Waals surface area (Å²) in [6, 6.07) is 0. The van der Waals surface area contributed by atoms with Crippen LogP contribution in [-0.4, -0.2) is 18.5 Å². The van der Waals surface area contributed by atoms with Crippen LogP contribution in [0.3, 0.4) is 0 Å². The molecule has 0 aliphatic heterocycles. The maximum atomic E-state index is 7.17. The number of guanidine groups is 2. The molecule has 0 rings (SSSR count). The van der Waals surface area contributed by atoms with Gasteiger partial charge in [-0.05, 0) is 6.42 Å². The van der Waals surface area contributed by atoms with Gasteiger partial charge in [0.15, 0.2) is 5.96 Å². The highest BCUT2D eigenvalue weighted by molar-refractivity contribution is 5.94. The molecule has 0 unspecified atom stereocenters. The molecule has 0 aromatic carbocycles. The molecule has 6 heteroatoms. The second kappa shape index (κ2) is 8.31. The summed E-state index contributed by atoms with van der Waals surface area (Å²) < 4.78 is 0. The lowest BCUT2D eigenvalue weighted by molar-refractivity contribution is 0.0794. The van der Waals surface area contributed by atoms with Crippen molar-refractivity contribution in [2.24, 2.45) is 5.73 Å². The molecule has 0 aliphatic rings. The van der Waals surface area contributed by atoms with E-state index < -0.39 is 0 Å². The van der Waals surface area contributed by atoms with Gasteiger partial charge in [0, 0.05) is 0 Å². The van der Waals surface area contributed by atoms with Crippen LogP contribution in [0.5, 0.6) is 0 Å².